The van der Waals surface area contributed by atoms with Gasteiger partial charge in [0.2, 0.25) is 10.0 Å². The van der Waals surface area contributed by atoms with E-state index in [0.717, 1.165) is 37.7 Å². The first-order chi connectivity index (χ1) is 15.3. The van der Waals surface area contributed by atoms with Crippen LogP contribution in [0.2, 0.25) is 0 Å². The van der Waals surface area contributed by atoms with E-state index in [1.165, 1.54) is 35.6 Å². The molecule has 1 fully saturated rings. The SMILES string of the molecule is Cc1nc(-c2ccc(F)cc2)sc1C(=O)Nc1ccc(S(=O)(=O)NC2CCCCC2)cc1. The maximum absolute atomic E-state index is 13.2. The molecule has 2 aromatic carbocycles. The second-order valence-corrected chi connectivity index (χ2v) is 10.6. The Kier molecular flexibility index (Phi) is 6.68. The highest BCUT2D eigenvalue weighted by Gasteiger charge is 2.22. The predicted molar refractivity (Wildman–Crippen MR) is 124 cm³/mol. The number of thiazole rings is 1. The van der Waals surface area contributed by atoms with Gasteiger partial charge in [-0.1, -0.05) is 19.3 Å². The van der Waals surface area contributed by atoms with Gasteiger partial charge in [-0.05, 0) is 68.3 Å². The molecule has 32 heavy (non-hydrogen) atoms. The number of aryl methyl sites for hydroxylation is 1. The number of amides is 1. The minimum Gasteiger partial charge on any atom is -0.321 e. The van der Waals surface area contributed by atoms with Crippen molar-refractivity contribution in [3.05, 3.63) is 64.9 Å². The molecule has 0 bridgehead atoms. The third-order valence-electron chi connectivity index (χ3n) is 5.44. The Morgan fingerprint density at radius 2 is 1.69 bits per heavy atom. The molecule has 1 heterocycles. The van der Waals surface area contributed by atoms with E-state index in [-0.39, 0.29) is 22.7 Å². The third-order valence-corrected chi connectivity index (χ3v) is 8.19. The minimum absolute atomic E-state index is 0.0160. The summed E-state index contributed by atoms with van der Waals surface area (Å²) >= 11 is 1.22. The largest absolute Gasteiger partial charge is 0.321 e. The first-order valence-electron chi connectivity index (χ1n) is 10.5. The summed E-state index contributed by atoms with van der Waals surface area (Å²) < 4.78 is 41.2. The van der Waals surface area contributed by atoms with Gasteiger partial charge in [0.15, 0.2) is 0 Å². The molecule has 0 aliphatic heterocycles. The Morgan fingerprint density at radius 3 is 2.34 bits per heavy atom. The van der Waals surface area contributed by atoms with Gasteiger partial charge in [-0.2, -0.15) is 0 Å². The lowest BCUT2D eigenvalue weighted by atomic mass is 9.96. The fourth-order valence-electron chi connectivity index (χ4n) is 3.74. The Balaban J connectivity index is 1.44. The van der Waals surface area contributed by atoms with Crippen LogP contribution in [-0.2, 0) is 10.0 Å². The van der Waals surface area contributed by atoms with E-state index in [0.29, 0.717) is 21.3 Å². The number of halogens is 1. The molecule has 3 aromatic rings. The molecule has 1 saturated carbocycles. The first-order valence-corrected chi connectivity index (χ1v) is 12.8. The number of carbonyl (C=O) groups excluding carboxylic acids is 1. The van der Waals surface area contributed by atoms with Crippen molar-refractivity contribution in [2.45, 2.75) is 50.0 Å². The molecular weight excluding hydrogens is 449 g/mol. The number of hydrogen-bond donors (Lipinski definition) is 2. The summed E-state index contributed by atoms with van der Waals surface area (Å²) in [5.41, 5.74) is 1.80. The van der Waals surface area contributed by atoms with Gasteiger partial charge in [-0.15, -0.1) is 11.3 Å². The molecular formula is C23H24FN3O3S2. The smallest absolute Gasteiger partial charge is 0.267 e. The highest BCUT2D eigenvalue weighted by atomic mass is 32.2. The second kappa shape index (κ2) is 9.48. The Bertz CT molecular complexity index is 1200. The number of sulfonamides is 1. The van der Waals surface area contributed by atoms with Crippen molar-refractivity contribution in [2.75, 3.05) is 5.32 Å². The lowest BCUT2D eigenvalue weighted by molar-refractivity contribution is 0.103. The van der Waals surface area contributed by atoms with Crippen LogP contribution in [0.3, 0.4) is 0 Å². The average Bonchev–Trinajstić information content (AvgIpc) is 3.17. The van der Waals surface area contributed by atoms with Crippen molar-refractivity contribution < 1.29 is 17.6 Å². The van der Waals surface area contributed by atoms with Crippen molar-refractivity contribution in [3.8, 4) is 10.6 Å². The van der Waals surface area contributed by atoms with E-state index in [2.05, 4.69) is 15.0 Å². The summed E-state index contributed by atoms with van der Waals surface area (Å²) in [5, 5.41) is 3.42. The standard InChI is InChI=1S/C23H24FN3O3S2/c1-15-21(31-23(25-15)16-7-9-17(24)10-8-16)22(28)26-18-11-13-20(14-12-18)32(29,30)27-19-5-3-2-4-6-19/h7-14,19,27H,2-6H2,1H3,(H,26,28). The minimum atomic E-state index is -3.59. The number of benzene rings is 2. The molecule has 6 nitrogen and oxygen atoms in total. The van der Waals surface area contributed by atoms with Gasteiger partial charge in [0.1, 0.15) is 15.7 Å². The van der Waals surface area contributed by atoms with Gasteiger partial charge >= 0.3 is 0 Å². The number of nitrogens with one attached hydrogen (secondary N) is 2. The monoisotopic (exact) mass is 473 g/mol. The molecule has 2 N–H and O–H groups in total. The number of carbonyl (C=O) groups is 1. The van der Waals surface area contributed by atoms with Crippen LogP contribution in [0.1, 0.15) is 47.5 Å². The van der Waals surface area contributed by atoms with Crippen LogP contribution in [0.4, 0.5) is 10.1 Å². The van der Waals surface area contributed by atoms with Crippen molar-refractivity contribution in [3.63, 3.8) is 0 Å². The van der Waals surface area contributed by atoms with Gasteiger partial charge in [-0.25, -0.2) is 22.5 Å². The third kappa shape index (κ3) is 5.23. The average molecular weight is 474 g/mol. The number of aromatic nitrogens is 1. The highest BCUT2D eigenvalue weighted by molar-refractivity contribution is 7.89. The molecule has 1 aliphatic rings. The number of anilines is 1. The molecule has 1 aliphatic carbocycles. The summed E-state index contributed by atoms with van der Waals surface area (Å²) in [6, 6.07) is 12.1. The second-order valence-electron chi connectivity index (χ2n) is 7.88. The van der Waals surface area contributed by atoms with Gasteiger partial charge in [0.25, 0.3) is 5.91 Å². The van der Waals surface area contributed by atoms with E-state index in [9.17, 15) is 17.6 Å². The molecule has 1 aromatic heterocycles. The van der Waals surface area contributed by atoms with Crippen molar-refractivity contribution in [1.82, 2.24) is 9.71 Å². The molecule has 9 heteroatoms. The highest BCUT2D eigenvalue weighted by Crippen LogP contribution is 2.29. The lowest BCUT2D eigenvalue weighted by Crippen LogP contribution is -2.36. The topological polar surface area (TPSA) is 88.2 Å². The summed E-state index contributed by atoms with van der Waals surface area (Å²) in [5.74, 6) is -0.663. The summed E-state index contributed by atoms with van der Waals surface area (Å²) in [4.78, 5) is 17.8. The van der Waals surface area contributed by atoms with Crippen molar-refractivity contribution in [1.29, 1.82) is 0 Å². The summed E-state index contributed by atoms with van der Waals surface area (Å²) in [7, 11) is -3.59. The predicted octanol–water partition coefficient (Wildman–Crippen LogP) is 5.12. The van der Waals surface area contributed by atoms with Crippen LogP contribution in [0.25, 0.3) is 10.6 Å². The molecule has 4 rings (SSSR count). The molecule has 0 radical (unpaired) electrons. The van der Waals surface area contributed by atoms with Crippen LogP contribution in [0, 0.1) is 12.7 Å². The number of rotatable bonds is 6. The Labute approximate surface area is 191 Å². The Morgan fingerprint density at radius 1 is 1.03 bits per heavy atom. The van der Waals surface area contributed by atoms with E-state index in [1.807, 2.05) is 0 Å². The zero-order chi connectivity index (χ0) is 22.7. The first kappa shape index (κ1) is 22.6. The summed E-state index contributed by atoms with van der Waals surface area (Å²) in [6.07, 6.45) is 4.95. The van der Waals surface area contributed by atoms with Crippen LogP contribution in [0.15, 0.2) is 53.4 Å². The van der Waals surface area contributed by atoms with E-state index in [4.69, 9.17) is 0 Å². The van der Waals surface area contributed by atoms with Gasteiger partial charge in [0, 0.05) is 17.3 Å². The molecule has 1 amide bonds. The van der Waals surface area contributed by atoms with E-state index < -0.39 is 10.0 Å². The van der Waals surface area contributed by atoms with Gasteiger partial charge in [0.05, 0.1) is 10.6 Å². The maximum atomic E-state index is 13.2. The van der Waals surface area contributed by atoms with Gasteiger partial charge < -0.3 is 5.32 Å². The van der Waals surface area contributed by atoms with Crippen LogP contribution in [0.5, 0.6) is 0 Å². The number of nitrogens with zero attached hydrogens (tertiary/aromatic N) is 1. The fourth-order valence-corrected chi connectivity index (χ4v) is 6.01. The zero-order valence-corrected chi connectivity index (χ0v) is 19.2. The van der Waals surface area contributed by atoms with E-state index in [1.54, 1.807) is 31.2 Å². The van der Waals surface area contributed by atoms with Crippen molar-refractivity contribution >= 4 is 33.0 Å². The quantitative estimate of drug-likeness (QED) is 0.520. The fraction of sp³-hybridized carbons (Fsp3) is 0.304. The van der Waals surface area contributed by atoms with Crippen LogP contribution in [-0.4, -0.2) is 25.4 Å². The van der Waals surface area contributed by atoms with E-state index >= 15 is 0 Å². The zero-order valence-electron chi connectivity index (χ0n) is 17.6. The molecule has 168 valence electrons. The molecule has 0 spiro atoms. The molecule has 0 saturated heterocycles. The molecule has 0 unspecified atom stereocenters. The van der Waals surface area contributed by atoms with Crippen molar-refractivity contribution in [2.24, 2.45) is 0 Å². The number of hydrogen-bond acceptors (Lipinski definition) is 5. The van der Waals surface area contributed by atoms with Gasteiger partial charge in [-0.3, -0.25) is 4.79 Å². The lowest BCUT2D eigenvalue weighted by Gasteiger charge is -2.22. The normalized spacial score (nSPS) is 14.9. The summed E-state index contributed by atoms with van der Waals surface area (Å²) in [6.45, 7) is 1.74. The van der Waals surface area contributed by atoms with Crippen LogP contribution < -0.4 is 10.0 Å². The van der Waals surface area contributed by atoms with Crippen LogP contribution >= 0.6 is 11.3 Å². The molecule has 0 atom stereocenters. The Hall–Kier alpha value is -2.62. The maximum Gasteiger partial charge on any atom is 0.267 e.